The van der Waals surface area contributed by atoms with Crippen LogP contribution in [0.1, 0.15) is 51.9 Å². The maximum Gasteiger partial charge on any atom is 0.00670 e. The van der Waals surface area contributed by atoms with Crippen LogP contribution in [0.5, 0.6) is 0 Å². The molecule has 1 aliphatic rings. The Hall–Kier alpha value is -0.0800. The van der Waals surface area contributed by atoms with Crippen molar-refractivity contribution in [3.63, 3.8) is 0 Å². The summed E-state index contributed by atoms with van der Waals surface area (Å²) in [5.41, 5.74) is 5.59. The van der Waals surface area contributed by atoms with Crippen molar-refractivity contribution in [3.05, 3.63) is 0 Å². The topological polar surface area (TPSA) is 38.0 Å². The Kier molecular flexibility index (Phi) is 6.20. The summed E-state index contributed by atoms with van der Waals surface area (Å²) in [6.07, 6.45) is 9.73. The second-order valence-electron chi connectivity index (χ2n) is 4.77. The molecule has 2 heteroatoms. The van der Waals surface area contributed by atoms with E-state index in [4.69, 9.17) is 5.73 Å². The van der Waals surface area contributed by atoms with Crippen LogP contribution in [0.15, 0.2) is 0 Å². The highest BCUT2D eigenvalue weighted by Crippen LogP contribution is 2.17. The standard InChI is InChI=1S/C12H26N2/c1-11(10-13)8-9-14-12-6-4-2-3-5-7-12/h11-12,14H,2-10,13H2,1H3. The zero-order valence-corrected chi connectivity index (χ0v) is 9.60. The normalized spacial score (nSPS) is 21.9. The Labute approximate surface area is 88.6 Å². The highest BCUT2D eigenvalue weighted by molar-refractivity contribution is 4.71. The molecule has 2 nitrogen and oxygen atoms in total. The molecule has 1 aliphatic carbocycles. The first-order valence-corrected chi connectivity index (χ1v) is 6.26. The van der Waals surface area contributed by atoms with Crippen LogP contribution in [-0.4, -0.2) is 19.1 Å². The molecule has 0 radical (unpaired) electrons. The molecule has 1 atom stereocenters. The average molecular weight is 198 g/mol. The number of nitrogens with two attached hydrogens (primary N) is 1. The van der Waals surface area contributed by atoms with Crippen molar-refractivity contribution in [2.45, 2.75) is 57.9 Å². The van der Waals surface area contributed by atoms with Gasteiger partial charge in [-0.3, -0.25) is 0 Å². The van der Waals surface area contributed by atoms with Gasteiger partial charge in [-0.25, -0.2) is 0 Å². The molecule has 1 saturated carbocycles. The minimum atomic E-state index is 0.674. The van der Waals surface area contributed by atoms with Crippen LogP contribution in [0.2, 0.25) is 0 Å². The molecule has 0 amide bonds. The van der Waals surface area contributed by atoms with E-state index < -0.39 is 0 Å². The summed E-state index contributed by atoms with van der Waals surface area (Å²) >= 11 is 0. The van der Waals surface area contributed by atoms with Gasteiger partial charge >= 0.3 is 0 Å². The molecule has 0 aromatic rings. The van der Waals surface area contributed by atoms with Crippen molar-refractivity contribution in [3.8, 4) is 0 Å². The minimum Gasteiger partial charge on any atom is -0.330 e. The van der Waals surface area contributed by atoms with E-state index in [2.05, 4.69) is 12.2 Å². The molecule has 1 unspecified atom stereocenters. The van der Waals surface area contributed by atoms with Crippen LogP contribution in [0.25, 0.3) is 0 Å². The Balaban J connectivity index is 2.04. The van der Waals surface area contributed by atoms with Crippen LogP contribution in [0, 0.1) is 5.92 Å². The van der Waals surface area contributed by atoms with Gasteiger partial charge in [-0.2, -0.15) is 0 Å². The van der Waals surface area contributed by atoms with Crippen LogP contribution in [0.4, 0.5) is 0 Å². The van der Waals surface area contributed by atoms with Gasteiger partial charge in [-0.05, 0) is 38.3 Å². The average Bonchev–Trinajstić information content (AvgIpc) is 2.46. The lowest BCUT2D eigenvalue weighted by atomic mass is 10.1. The Morgan fingerprint density at radius 2 is 1.86 bits per heavy atom. The fourth-order valence-electron chi connectivity index (χ4n) is 2.14. The fraction of sp³-hybridized carbons (Fsp3) is 1.00. The first kappa shape index (κ1) is 12.0. The van der Waals surface area contributed by atoms with E-state index >= 15 is 0 Å². The third-order valence-electron chi connectivity index (χ3n) is 3.33. The zero-order chi connectivity index (χ0) is 10.2. The van der Waals surface area contributed by atoms with Gasteiger partial charge in [0.25, 0.3) is 0 Å². The molecule has 1 fully saturated rings. The highest BCUT2D eigenvalue weighted by atomic mass is 14.9. The Morgan fingerprint density at radius 3 is 2.43 bits per heavy atom. The van der Waals surface area contributed by atoms with Crippen molar-refractivity contribution in [1.82, 2.24) is 5.32 Å². The molecule has 0 bridgehead atoms. The number of hydrogen-bond acceptors (Lipinski definition) is 2. The van der Waals surface area contributed by atoms with Crippen LogP contribution >= 0.6 is 0 Å². The highest BCUT2D eigenvalue weighted by Gasteiger charge is 2.11. The summed E-state index contributed by atoms with van der Waals surface area (Å²) in [6, 6.07) is 0.794. The predicted octanol–water partition coefficient (Wildman–Crippen LogP) is 2.28. The van der Waals surface area contributed by atoms with E-state index in [9.17, 15) is 0 Å². The Bertz CT molecular complexity index is 128. The molecule has 0 aromatic carbocycles. The van der Waals surface area contributed by atoms with Crippen molar-refractivity contribution < 1.29 is 0 Å². The van der Waals surface area contributed by atoms with Gasteiger partial charge in [0, 0.05) is 6.04 Å². The second-order valence-corrected chi connectivity index (χ2v) is 4.77. The summed E-state index contributed by atoms with van der Waals surface area (Å²) in [5.74, 6) is 0.674. The van der Waals surface area contributed by atoms with E-state index in [0.717, 1.165) is 19.1 Å². The van der Waals surface area contributed by atoms with E-state index in [1.54, 1.807) is 0 Å². The van der Waals surface area contributed by atoms with Gasteiger partial charge in [-0.15, -0.1) is 0 Å². The molecule has 84 valence electrons. The maximum atomic E-state index is 5.59. The SMILES string of the molecule is CC(CN)CCNC1CCCCCC1. The molecule has 14 heavy (non-hydrogen) atoms. The summed E-state index contributed by atoms with van der Waals surface area (Å²) in [7, 11) is 0. The van der Waals surface area contributed by atoms with E-state index in [1.165, 1.54) is 44.9 Å². The van der Waals surface area contributed by atoms with Gasteiger partial charge in [0.1, 0.15) is 0 Å². The van der Waals surface area contributed by atoms with Gasteiger partial charge in [0.05, 0.1) is 0 Å². The van der Waals surface area contributed by atoms with Gasteiger partial charge in [0.2, 0.25) is 0 Å². The monoisotopic (exact) mass is 198 g/mol. The number of rotatable bonds is 5. The molecule has 3 N–H and O–H groups in total. The van der Waals surface area contributed by atoms with E-state index in [-0.39, 0.29) is 0 Å². The van der Waals surface area contributed by atoms with E-state index in [1.807, 2.05) is 0 Å². The van der Waals surface area contributed by atoms with Crippen LogP contribution in [0.3, 0.4) is 0 Å². The van der Waals surface area contributed by atoms with E-state index in [0.29, 0.717) is 5.92 Å². The quantitative estimate of drug-likeness (QED) is 0.665. The molecular formula is C12H26N2. The summed E-state index contributed by atoms with van der Waals surface area (Å²) in [6.45, 7) is 4.21. The largest absolute Gasteiger partial charge is 0.330 e. The predicted molar refractivity (Wildman–Crippen MR) is 62.3 cm³/mol. The summed E-state index contributed by atoms with van der Waals surface area (Å²) in [4.78, 5) is 0. The van der Waals surface area contributed by atoms with Crippen molar-refractivity contribution in [1.29, 1.82) is 0 Å². The molecule has 0 heterocycles. The van der Waals surface area contributed by atoms with Gasteiger partial charge < -0.3 is 11.1 Å². The van der Waals surface area contributed by atoms with Gasteiger partial charge in [0.15, 0.2) is 0 Å². The fourth-order valence-corrected chi connectivity index (χ4v) is 2.14. The number of nitrogens with one attached hydrogen (secondary N) is 1. The first-order chi connectivity index (χ1) is 6.83. The minimum absolute atomic E-state index is 0.674. The molecule has 0 spiro atoms. The number of hydrogen-bond donors (Lipinski definition) is 2. The summed E-state index contributed by atoms with van der Waals surface area (Å²) < 4.78 is 0. The maximum absolute atomic E-state index is 5.59. The second kappa shape index (κ2) is 7.24. The molecule has 0 saturated heterocycles. The van der Waals surface area contributed by atoms with Crippen LogP contribution in [-0.2, 0) is 0 Å². The lowest BCUT2D eigenvalue weighted by molar-refractivity contribution is 0.425. The molecule has 0 aliphatic heterocycles. The lowest BCUT2D eigenvalue weighted by Crippen LogP contribution is -2.30. The van der Waals surface area contributed by atoms with Crippen molar-refractivity contribution in [2.24, 2.45) is 11.7 Å². The first-order valence-electron chi connectivity index (χ1n) is 6.26. The van der Waals surface area contributed by atoms with Gasteiger partial charge in [-0.1, -0.05) is 32.6 Å². The molecule has 0 aromatic heterocycles. The summed E-state index contributed by atoms with van der Waals surface area (Å²) in [5, 5.41) is 3.67. The third-order valence-corrected chi connectivity index (χ3v) is 3.33. The van der Waals surface area contributed by atoms with Crippen LogP contribution < -0.4 is 11.1 Å². The lowest BCUT2D eigenvalue weighted by Gasteiger charge is -2.17. The molecular weight excluding hydrogens is 172 g/mol. The Morgan fingerprint density at radius 1 is 1.21 bits per heavy atom. The van der Waals surface area contributed by atoms with Crippen molar-refractivity contribution >= 4 is 0 Å². The van der Waals surface area contributed by atoms with Crippen molar-refractivity contribution in [2.75, 3.05) is 13.1 Å². The molecule has 1 rings (SSSR count). The smallest absolute Gasteiger partial charge is 0.00670 e. The zero-order valence-electron chi connectivity index (χ0n) is 9.60. The third kappa shape index (κ3) is 4.97.